The molecule has 0 spiro atoms. The molecule has 3 heterocycles. The second-order valence-corrected chi connectivity index (χ2v) is 7.47. The van der Waals surface area contributed by atoms with Crippen molar-refractivity contribution in [2.24, 2.45) is 5.92 Å². The van der Waals surface area contributed by atoms with Gasteiger partial charge < -0.3 is 9.80 Å². The van der Waals surface area contributed by atoms with Crippen LogP contribution in [0.1, 0.15) is 24.0 Å². The first-order valence-electron chi connectivity index (χ1n) is 9.53. The summed E-state index contributed by atoms with van der Waals surface area (Å²) in [5, 5.41) is 0. The quantitative estimate of drug-likeness (QED) is 0.533. The third-order valence-electron chi connectivity index (χ3n) is 6.00. The van der Waals surface area contributed by atoms with Crippen molar-refractivity contribution in [1.82, 2.24) is 4.98 Å². The Balaban J connectivity index is 1.79. The predicted molar refractivity (Wildman–Crippen MR) is 112 cm³/mol. The number of para-hydroxylation sites is 2. The minimum absolute atomic E-state index is 0.175. The van der Waals surface area contributed by atoms with Crippen molar-refractivity contribution < 1.29 is 0 Å². The Morgan fingerprint density at radius 3 is 2.37 bits per heavy atom. The standard InChI is InChI=1S/C24H23N3/c1-4-18-17(3)24-26(20-12-7-5-10-16(20)2)22-14-9-15-25-23(22)27(24)21-13-8-6-11-19(18)21/h4-15,17-18,24H,1H2,2-3H3. The monoisotopic (exact) mass is 353 g/mol. The predicted octanol–water partition coefficient (Wildman–Crippen LogP) is 5.93. The van der Waals surface area contributed by atoms with Crippen molar-refractivity contribution in [2.45, 2.75) is 25.9 Å². The number of hydrogen-bond acceptors (Lipinski definition) is 3. The largest absolute Gasteiger partial charge is 0.316 e. The lowest BCUT2D eigenvalue weighted by Crippen LogP contribution is -2.48. The number of aryl methyl sites for hydroxylation is 1. The topological polar surface area (TPSA) is 19.4 Å². The van der Waals surface area contributed by atoms with E-state index in [0.29, 0.717) is 11.8 Å². The van der Waals surface area contributed by atoms with Gasteiger partial charge in [-0.1, -0.05) is 49.4 Å². The number of anilines is 4. The average molecular weight is 353 g/mol. The maximum Gasteiger partial charge on any atom is 0.158 e. The van der Waals surface area contributed by atoms with Crippen LogP contribution in [0.25, 0.3) is 0 Å². The van der Waals surface area contributed by atoms with Gasteiger partial charge in [0.1, 0.15) is 6.17 Å². The molecule has 3 aromatic rings. The zero-order valence-electron chi connectivity index (χ0n) is 15.7. The Hall–Kier alpha value is -3.07. The normalized spacial score (nSPS) is 22.8. The van der Waals surface area contributed by atoms with Gasteiger partial charge in [0.15, 0.2) is 5.82 Å². The van der Waals surface area contributed by atoms with E-state index in [1.54, 1.807) is 0 Å². The van der Waals surface area contributed by atoms with Gasteiger partial charge in [0.2, 0.25) is 0 Å². The number of benzene rings is 2. The van der Waals surface area contributed by atoms with E-state index in [9.17, 15) is 0 Å². The third-order valence-corrected chi connectivity index (χ3v) is 6.00. The molecule has 0 bridgehead atoms. The maximum atomic E-state index is 4.79. The fourth-order valence-electron chi connectivity index (χ4n) is 4.78. The first-order valence-corrected chi connectivity index (χ1v) is 9.53. The molecule has 3 unspecified atom stereocenters. The van der Waals surface area contributed by atoms with Gasteiger partial charge in [0, 0.05) is 29.4 Å². The summed E-state index contributed by atoms with van der Waals surface area (Å²) < 4.78 is 0. The van der Waals surface area contributed by atoms with E-state index in [0.717, 1.165) is 5.82 Å². The van der Waals surface area contributed by atoms with E-state index in [-0.39, 0.29) is 6.17 Å². The number of pyridine rings is 1. The average Bonchev–Trinajstić information content (AvgIpc) is 3.05. The molecule has 3 atom stereocenters. The van der Waals surface area contributed by atoms with Gasteiger partial charge >= 0.3 is 0 Å². The second kappa shape index (κ2) is 5.98. The number of hydrogen-bond donors (Lipinski definition) is 0. The van der Waals surface area contributed by atoms with E-state index < -0.39 is 0 Å². The van der Waals surface area contributed by atoms with Crippen LogP contribution in [0.15, 0.2) is 79.5 Å². The molecule has 0 amide bonds. The molecule has 0 aliphatic carbocycles. The van der Waals surface area contributed by atoms with E-state index in [1.165, 1.54) is 28.2 Å². The van der Waals surface area contributed by atoms with Gasteiger partial charge in [0.05, 0.1) is 5.69 Å². The summed E-state index contributed by atoms with van der Waals surface area (Å²) in [6.45, 7) is 8.67. The molecule has 0 radical (unpaired) electrons. The SMILES string of the molecule is C=CC1c2ccccc2N2c3ncccc3N(c3ccccc3C)C2C1C. The Kier molecular flexibility index (Phi) is 3.57. The van der Waals surface area contributed by atoms with Crippen LogP contribution in [-0.4, -0.2) is 11.1 Å². The zero-order valence-corrected chi connectivity index (χ0v) is 15.7. The Bertz CT molecular complexity index is 1030. The van der Waals surface area contributed by atoms with Gasteiger partial charge in [-0.3, -0.25) is 0 Å². The Morgan fingerprint density at radius 2 is 1.59 bits per heavy atom. The van der Waals surface area contributed by atoms with Crippen LogP contribution >= 0.6 is 0 Å². The molecule has 2 aromatic carbocycles. The van der Waals surface area contributed by atoms with Crippen molar-refractivity contribution in [1.29, 1.82) is 0 Å². The molecule has 134 valence electrons. The highest BCUT2D eigenvalue weighted by Gasteiger charge is 2.48. The molecule has 0 fully saturated rings. The highest BCUT2D eigenvalue weighted by molar-refractivity contribution is 5.88. The molecular formula is C24H23N3. The van der Waals surface area contributed by atoms with Crippen LogP contribution in [0.2, 0.25) is 0 Å². The minimum Gasteiger partial charge on any atom is -0.316 e. The van der Waals surface area contributed by atoms with Gasteiger partial charge in [-0.25, -0.2) is 4.98 Å². The molecule has 2 aliphatic rings. The molecule has 3 nitrogen and oxygen atoms in total. The van der Waals surface area contributed by atoms with Gasteiger partial charge in [-0.15, -0.1) is 6.58 Å². The number of fused-ring (bicyclic) bond motifs is 5. The van der Waals surface area contributed by atoms with Crippen molar-refractivity contribution >= 4 is 22.9 Å². The van der Waals surface area contributed by atoms with E-state index in [2.05, 4.69) is 90.9 Å². The van der Waals surface area contributed by atoms with Crippen LogP contribution in [0.3, 0.4) is 0 Å². The smallest absolute Gasteiger partial charge is 0.158 e. The second-order valence-electron chi connectivity index (χ2n) is 7.47. The van der Waals surface area contributed by atoms with E-state index in [1.807, 2.05) is 12.3 Å². The van der Waals surface area contributed by atoms with Crippen LogP contribution in [0.5, 0.6) is 0 Å². The zero-order chi connectivity index (χ0) is 18.5. The van der Waals surface area contributed by atoms with Gasteiger partial charge in [-0.2, -0.15) is 0 Å². The molecule has 1 aromatic heterocycles. The molecule has 27 heavy (non-hydrogen) atoms. The van der Waals surface area contributed by atoms with Crippen molar-refractivity contribution in [2.75, 3.05) is 9.80 Å². The first-order chi connectivity index (χ1) is 13.2. The number of allylic oxidation sites excluding steroid dienone is 1. The summed E-state index contributed by atoms with van der Waals surface area (Å²) in [7, 11) is 0. The summed E-state index contributed by atoms with van der Waals surface area (Å²) in [5.74, 6) is 1.71. The van der Waals surface area contributed by atoms with Crippen LogP contribution in [-0.2, 0) is 0 Å². The first kappa shape index (κ1) is 16.1. The number of nitrogens with zero attached hydrogens (tertiary/aromatic N) is 3. The highest BCUT2D eigenvalue weighted by atomic mass is 15.5. The fraction of sp³-hybridized carbons (Fsp3) is 0.208. The summed E-state index contributed by atoms with van der Waals surface area (Å²) >= 11 is 0. The van der Waals surface area contributed by atoms with Crippen molar-refractivity contribution in [3.8, 4) is 0 Å². The molecule has 0 N–H and O–H groups in total. The van der Waals surface area contributed by atoms with Gasteiger partial charge in [0.25, 0.3) is 0 Å². The van der Waals surface area contributed by atoms with Crippen LogP contribution < -0.4 is 9.80 Å². The summed E-state index contributed by atoms with van der Waals surface area (Å²) in [6, 6.07) is 21.5. The lowest BCUT2D eigenvalue weighted by molar-refractivity contribution is 0.409. The minimum atomic E-state index is 0.175. The third kappa shape index (κ3) is 2.18. The highest BCUT2D eigenvalue weighted by Crippen LogP contribution is 2.55. The molecule has 3 heteroatoms. The van der Waals surface area contributed by atoms with E-state index in [4.69, 9.17) is 4.98 Å². The Labute approximate surface area is 160 Å². The molecule has 2 aliphatic heterocycles. The van der Waals surface area contributed by atoms with Crippen molar-refractivity contribution in [3.05, 3.63) is 90.6 Å². The molecular weight excluding hydrogens is 330 g/mol. The van der Waals surface area contributed by atoms with E-state index >= 15 is 0 Å². The maximum absolute atomic E-state index is 4.79. The van der Waals surface area contributed by atoms with Crippen molar-refractivity contribution in [3.63, 3.8) is 0 Å². The molecule has 0 saturated heterocycles. The molecule has 0 saturated carbocycles. The number of aromatic nitrogens is 1. The summed E-state index contributed by atoms with van der Waals surface area (Å²) in [4.78, 5) is 9.68. The molecule has 5 rings (SSSR count). The summed E-state index contributed by atoms with van der Waals surface area (Å²) in [6.07, 6.45) is 4.17. The van der Waals surface area contributed by atoms with Crippen LogP contribution in [0.4, 0.5) is 22.9 Å². The lowest BCUT2D eigenvalue weighted by atomic mass is 9.80. The lowest BCUT2D eigenvalue weighted by Gasteiger charge is -2.45. The number of rotatable bonds is 2. The van der Waals surface area contributed by atoms with Gasteiger partial charge in [-0.05, 0) is 42.3 Å². The summed E-state index contributed by atoms with van der Waals surface area (Å²) in [5.41, 5.74) is 6.26. The van der Waals surface area contributed by atoms with Crippen LogP contribution in [0, 0.1) is 12.8 Å². The fourth-order valence-corrected chi connectivity index (χ4v) is 4.78. The Morgan fingerprint density at radius 1 is 0.889 bits per heavy atom.